The minimum atomic E-state index is -0.116. The van der Waals surface area contributed by atoms with E-state index in [1.807, 2.05) is 31.3 Å². The van der Waals surface area contributed by atoms with Crippen LogP contribution < -0.4 is 10.6 Å². The third kappa shape index (κ3) is 3.39. The first-order valence-electron chi connectivity index (χ1n) is 6.19. The molecule has 1 aromatic carbocycles. The quantitative estimate of drug-likeness (QED) is 0.883. The Morgan fingerprint density at radius 3 is 2.32 bits per heavy atom. The number of aromatic nitrogens is 1. The summed E-state index contributed by atoms with van der Waals surface area (Å²) in [4.78, 5) is 15.9. The van der Waals surface area contributed by atoms with Crippen molar-refractivity contribution in [1.29, 1.82) is 0 Å². The lowest BCUT2D eigenvalue weighted by molar-refractivity contribution is 0.102. The van der Waals surface area contributed by atoms with E-state index in [0.29, 0.717) is 5.56 Å². The maximum absolute atomic E-state index is 12.0. The van der Waals surface area contributed by atoms with Crippen molar-refractivity contribution < 1.29 is 4.79 Å². The number of nitrogens with zero attached hydrogens (tertiary/aromatic N) is 1. The SMILES string of the molecule is CNC(C)c1ccc(C(=O)Nc2ccncc2)cc1. The molecule has 0 aliphatic carbocycles. The van der Waals surface area contributed by atoms with Crippen LogP contribution in [0.1, 0.15) is 28.9 Å². The van der Waals surface area contributed by atoms with Gasteiger partial charge in [-0.3, -0.25) is 9.78 Å². The number of amides is 1. The lowest BCUT2D eigenvalue weighted by Crippen LogP contribution is -2.14. The molecular formula is C15H17N3O. The number of hydrogen-bond donors (Lipinski definition) is 2. The van der Waals surface area contributed by atoms with Crippen LogP contribution in [-0.4, -0.2) is 17.9 Å². The Hall–Kier alpha value is -2.20. The second-order valence-electron chi connectivity index (χ2n) is 4.32. The zero-order valence-electron chi connectivity index (χ0n) is 11.1. The fraction of sp³-hybridized carbons (Fsp3) is 0.200. The molecule has 0 fully saturated rings. The lowest BCUT2D eigenvalue weighted by atomic mass is 10.1. The predicted molar refractivity (Wildman–Crippen MR) is 76.1 cm³/mol. The van der Waals surface area contributed by atoms with Gasteiger partial charge in [0.1, 0.15) is 0 Å². The Bertz CT molecular complexity index is 537. The first kappa shape index (κ1) is 13.2. The van der Waals surface area contributed by atoms with Gasteiger partial charge in [-0.2, -0.15) is 0 Å². The fourth-order valence-corrected chi connectivity index (χ4v) is 1.73. The Kier molecular flexibility index (Phi) is 4.26. The molecule has 1 aromatic heterocycles. The largest absolute Gasteiger partial charge is 0.322 e. The van der Waals surface area contributed by atoms with E-state index in [-0.39, 0.29) is 11.9 Å². The summed E-state index contributed by atoms with van der Waals surface area (Å²) in [7, 11) is 1.91. The molecule has 0 spiro atoms. The average molecular weight is 255 g/mol. The van der Waals surface area contributed by atoms with Gasteiger partial charge in [0.05, 0.1) is 0 Å². The highest BCUT2D eigenvalue weighted by molar-refractivity contribution is 6.04. The molecule has 1 heterocycles. The number of nitrogens with one attached hydrogen (secondary N) is 2. The van der Waals surface area contributed by atoms with Gasteiger partial charge in [0.2, 0.25) is 0 Å². The maximum atomic E-state index is 12.0. The number of rotatable bonds is 4. The standard InChI is InChI=1S/C15H17N3O/c1-11(16-2)12-3-5-13(6-4-12)15(19)18-14-7-9-17-10-8-14/h3-11,16H,1-2H3,(H,17,18,19). The molecule has 0 saturated heterocycles. The van der Waals surface area contributed by atoms with Gasteiger partial charge in [-0.25, -0.2) is 0 Å². The van der Waals surface area contributed by atoms with Crippen molar-refractivity contribution in [3.63, 3.8) is 0 Å². The van der Waals surface area contributed by atoms with Crippen LogP contribution in [0.5, 0.6) is 0 Å². The predicted octanol–water partition coefficient (Wildman–Crippen LogP) is 2.61. The van der Waals surface area contributed by atoms with E-state index < -0.39 is 0 Å². The summed E-state index contributed by atoms with van der Waals surface area (Å²) in [5.74, 6) is -0.116. The van der Waals surface area contributed by atoms with Gasteiger partial charge in [-0.05, 0) is 43.8 Å². The number of pyridine rings is 1. The molecule has 0 saturated carbocycles. The first-order chi connectivity index (χ1) is 9.20. The van der Waals surface area contributed by atoms with Gasteiger partial charge in [0.15, 0.2) is 0 Å². The van der Waals surface area contributed by atoms with E-state index in [4.69, 9.17) is 0 Å². The van der Waals surface area contributed by atoms with Crippen molar-refractivity contribution in [3.05, 3.63) is 59.9 Å². The van der Waals surface area contributed by atoms with E-state index in [2.05, 4.69) is 22.5 Å². The van der Waals surface area contributed by atoms with E-state index >= 15 is 0 Å². The van der Waals surface area contributed by atoms with Crippen LogP contribution in [0.4, 0.5) is 5.69 Å². The smallest absolute Gasteiger partial charge is 0.255 e. The summed E-state index contributed by atoms with van der Waals surface area (Å²) in [6.45, 7) is 2.08. The highest BCUT2D eigenvalue weighted by Crippen LogP contribution is 2.14. The number of anilines is 1. The van der Waals surface area contributed by atoms with Crippen molar-refractivity contribution in [1.82, 2.24) is 10.3 Å². The molecule has 0 aliphatic rings. The minimum Gasteiger partial charge on any atom is -0.322 e. The summed E-state index contributed by atoms with van der Waals surface area (Å²) in [6.07, 6.45) is 3.29. The van der Waals surface area contributed by atoms with Gasteiger partial charge >= 0.3 is 0 Å². The number of carbonyl (C=O) groups is 1. The Morgan fingerprint density at radius 2 is 1.74 bits per heavy atom. The van der Waals surface area contributed by atoms with Crippen molar-refractivity contribution >= 4 is 11.6 Å². The summed E-state index contributed by atoms with van der Waals surface area (Å²) in [5, 5.41) is 5.99. The van der Waals surface area contributed by atoms with Crippen molar-refractivity contribution in [3.8, 4) is 0 Å². The molecule has 0 aliphatic heterocycles. The van der Waals surface area contributed by atoms with E-state index in [9.17, 15) is 4.79 Å². The molecule has 98 valence electrons. The zero-order chi connectivity index (χ0) is 13.7. The Balaban J connectivity index is 2.08. The maximum Gasteiger partial charge on any atom is 0.255 e. The van der Waals surface area contributed by atoms with Crippen molar-refractivity contribution in [2.75, 3.05) is 12.4 Å². The van der Waals surface area contributed by atoms with Crippen LogP contribution in [0, 0.1) is 0 Å². The van der Waals surface area contributed by atoms with Crippen molar-refractivity contribution in [2.45, 2.75) is 13.0 Å². The van der Waals surface area contributed by atoms with Gasteiger partial charge < -0.3 is 10.6 Å². The van der Waals surface area contributed by atoms with Crippen LogP contribution in [-0.2, 0) is 0 Å². The lowest BCUT2D eigenvalue weighted by Gasteiger charge is -2.11. The molecule has 0 radical (unpaired) electrons. The fourth-order valence-electron chi connectivity index (χ4n) is 1.73. The summed E-state index contributed by atoms with van der Waals surface area (Å²) >= 11 is 0. The topological polar surface area (TPSA) is 54.0 Å². The summed E-state index contributed by atoms with van der Waals surface area (Å²) < 4.78 is 0. The summed E-state index contributed by atoms with van der Waals surface area (Å²) in [5.41, 5.74) is 2.54. The summed E-state index contributed by atoms with van der Waals surface area (Å²) in [6, 6.07) is 11.4. The highest BCUT2D eigenvalue weighted by atomic mass is 16.1. The molecule has 0 bridgehead atoms. The second kappa shape index (κ2) is 6.11. The molecule has 1 atom stereocenters. The number of carbonyl (C=O) groups excluding carboxylic acids is 1. The van der Waals surface area contributed by atoms with Crippen molar-refractivity contribution in [2.24, 2.45) is 0 Å². The normalized spacial score (nSPS) is 11.9. The molecule has 19 heavy (non-hydrogen) atoms. The Labute approximate surface area is 112 Å². The number of benzene rings is 1. The van der Waals surface area contributed by atoms with Gasteiger partial charge in [-0.1, -0.05) is 12.1 Å². The minimum absolute atomic E-state index is 0.116. The molecule has 4 heteroatoms. The highest BCUT2D eigenvalue weighted by Gasteiger charge is 2.07. The molecule has 2 N–H and O–H groups in total. The van der Waals surface area contributed by atoms with Crippen LogP contribution in [0.3, 0.4) is 0 Å². The van der Waals surface area contributed by atoms with Crippen LogP contribution in [0.2, 0.25) is 0 Å². The van der Waals surface area contributed by atoms with Crippen LogP contribution in [0.15, 0.2) is 48.8 Å². The zero-order valence-corrected chi connectivity index (χ0v) is 11.1. The first-order valence-corrected chi connectivity index (χ1v) is 6.19. The van der Waals surface area contributed by atoms with Crippen LogP contribution >= 0.6 is 0 Å². The monoisotopic (exact) mass is 255 g/mol. The third-order valence-corrected chi connectivity index (χ3v) is 3.04. The molecule has 2 aromatic rings. The number of hydrogen-bond acceptors (Lipinski definition) is 3. The van der Waals surface area contributed by atoms with Crippen LogP contribution in [0.25, 0.3) is 0 Å². The average Bonchev–Trinajstić information content (AvgIpc) is 2.47. The van der Waals surface area contributed by atoms with E-state index in [1.165, 1.54) is 0 Å². The third-order valence-electron chi connectivity index (χ3n) is 3.04. The van der Waals surface area contributed by atoms with Gasteiger partial charge in [0.25, 0.3) is 5.91 Å². The van der Waals surface area contributed by atoms with Gasteiger partial charge in [-0.15, -0.1) is 0 Å². The molecule has 1 amide bonds. The molecule has 2 rings (SSSR count). The Morgan fingerprint density at radius 1 is 1.11 bits per heavy atom. The van der Waals surface area contributed by atoms with Gasteiger partial charge in [0, 0.05) is 29.7 Å². The van der Waals surface area contributed by atoms with E-state index in [0.717, 1.165) is 11.3 Å². The molecule has 4 nitrogen and oxygen atoms in total. The second-order valence-corrected chi connectivity index (χ2v) is 4.32. The van der Waals surface area contributed by atoms with E-state index in [1.54, 1.807) is 24.5 Å². The molecule has 1 unspecified atom stereocenters. The molecular weight excluding hydrogens is 238 g/mol.